The van der Waals surface area contributed by atoms with Crippen molar-refractivity contribution in [3.63, 3.8) is 0 Å². The maximum absolute atomic E-state index is 14.0. The summed E-state index contributed by atoms with van der Waals surface area (Å²) in [4.78, 5) is 0. The van der Waals surface area contributed by atoms with E-state index in [9.17, 15) is 8.78 Å². The molecule has 3 atom stereocenters. The van der Waals surface area contributed by atoms with E-state index in [1.165, 1.54) is 12.1 Å². The van der Waals surface area contributed by atoms with Gasteiger partial charge in [-0.05, 0) is 55.8 Å². The molecular weight excluding hydrogens is 260 g/mol. The Balaban J connectivity index is 2.09. The monoisotopic (exact) mass is 283 g/mol. The second kappa shape index (κ2) is 6.53. The lowest BCUT2D eigenvalue weighted by atomic mass is 9.80. The van der Waals surface area contributed by atoms with E-state index in [1.54, 1.807) is 7.05 Å². The Hall–Kier alpha value is -1.16. The van der Waals surface area contributed by atoms with Gasteiger partial charge in [-0.3, -0.25) is 0 Å². The van der Waals surface area contributed by atoms with Crippen LogP contribution < -0.4 is 10.1 Å². The highest BCUT2D eigenvalue weighted by atomic mass is 19.1. The molecule has 2 nitrogen and oxygen atoms in total. The van der Waals surface area contributed by atoms with E-state index in [0.29, 0.717) is 23.9 Å². The van der Waals surface area contributed by atoms with Crippen molar-refractivity contribution in [3.8, 4) is 5.75 Å². The highest BCUT2D eigenvalue weighted by Crippen LogP contribution is 2.33. The zero-order chi connectivity index (χ0) is 14.7. The van der Waals surface area contributed by atoms with Crippen molar-refractivity contribution in [2.24, 2.45) is 11.8 Å². The van der Waals surface area contributed by atoms with Crippen molar-refractivity contribution in [1.29, 1.82) is 0 Å². The summed E-state index contributed by atoms with van der Waals surface area (Å²) in [6, 6.07) is 2.67. The van der Waals surface area contributed by atoms with E-state index in [1.807, 2.05) is 0 Å². The molecule has 3 unspecified atom stereocenters. The number of benzene rings is 1. The second-order valence-corrected chi connectivity index (χ2v) is 5.93. The van der Waals surface area contributed by atoms with Gasteiger partial charge < -0.3 is 10.1 Å². The standard InChI is InChI=1S/C16H23F2NO/c1-10-4-5-13(6-11(10)2)20-16-14(17)7-12(9-19-3)8-15(16)18/h7-8,10-11,13,19H,4-6,9H2,1-3H3. The van der Waals surface area contributed by atoms with Gasteiger partial charge in [0.25, 0.3) is 0 Å². The zero-order valence-electron chi connectivity index (χ0n) is 12.4. The van der Waals surface area contributed by atoms with Gasteiger partial charge in [-0.1, -0.05) is 13.8 Å². The number of hydrogen-bond donors (Lipinski definition) is 1. The normalized spacial score (nSPS) is 26.6. The largest absolute Gasteiger partial charge is 0.484 e. The number of ether oxygens (including phenoxy) is 1. The number of rotatable bonds is 4. The topological polar surface area (TPSA) is 21.3 Å². The van der Waals surface area contributed by atoms with Gasteiger partial charge >= 0.3 is 0 Å². The van der Waals surface area contributed by atoms with Crippen LogP contribution in [0.1, 0.15) is 38.7 Å². The molecule has 0 aliphatic heterocycles. The third-order valence-electron chi connectivity index (χ3n) is 4.27. The minimum atomic E-state index is -0.610. The predicted molar refractivity (Wildman–Crippen MR) is 75.7 cm³/mol. The summed E-state index contributed by atoms with van der Waals surface area (Å²) < 4.78 is 33.5. The molecule has 0 heterocycles. The summed E-state index contributed by atoms with van der Waals surface area (Å²) in [5.41, 5.74) is 0.584. The van der Waals surface area contributed by atoms with E-state index < -0.39 is 11.6 Å². The maximum atomic E-state index is 14.0. The van der Waals surface area contributed by atoms with Gasteiger partial charge in [-0.15, -0.1) is 0 Å². The summed E-state index contributed by atoms with van der Waals surface area (Å²) >= 11 is 0. The Morgan fingerprint density at radius 3 is 2.35 bits per heavy atom. The summed E-state index contributed by atoms with van der Waals surface area (Å²) in [6.07, 6.45) is 2.69. The van der Waals surface area contributed by atoms with Crippen molar-refractivity contribution in [2.75, 3.05) is 7.05 Å². The molecule has 112 valence electrons. The third-order valence-corrected chi connectivity index (χ3v) is 4.27. The minimum absolute atomic E-state index is 0.0830. The molecule has 0 saturated heterocycles. The van der Waals surface area contributed by atoms with E-state index in [4.69, 9.17) is 4.74 Å². The summed E-state index contributed by atoms with van der Waals surface area (Å²) in [5.74, 6) is -0.259. The average Bonchev–Trinajstić information content (AvgIpc) is 2.38. The summed E-state index contributed by atoms with van der Waals surface area (Å²) in [7, 11) is 1.74. The molecule has 4 heteroatoms. The van der Waals surface area contributed by atoms with Gasteiger partial charge in [0.1, 0.15) is 0 Å². The van der Waals surface area contributed by atoms with E-state index >= 15 is 0 Å². The Morgan fingerprint density at radius 1 is 1.15 bits per heavy atom. The first-order valence-corrected chi connectivity index (χ1v) is 7.30. The Morgan fingerprint density at radius 2 is 1.80 bits per heavy atom. The van der Waals surface area contributed by atoms with Crippen molar-refractivity contribution >= 4 is 0 Å². The third kappa shape index (κ3) is 3.48. The fourth-order valence-electron chi connectivity index (χ4n) is 2.80. The molecule has 0 aromatic heterocycles. The minimum Gasteiger partial charge on any atom is -0.484 e. The molecule has 0 amide bonds. The van der Waals surface area contributed by atoms with Gasteiger partial charge in [0.15, 0.2) is 17.4 Å². The molecule has 20 heavy (non-hydrogen) atoms. The quantitative estimate of drug-likeness (QED) is 0.905. The first-order chi connectivity index (χ1) is 9.51. The van der Waals surface area contributed by atoms with Crippen LogP contribution in [0.2, 0.25) is 0 Å². The van der Waals surface area contributed by atoms with Gasteiger partial charge in [-0.2, -0.15) is 0 Å². The molecule has 1 aromatic carbocycles. The molecule has 1 fully saturated rings. The van der Waals surface area contributed by atoms with Crippen LogP contribution in [-0.4, -0.2) is 13.2 Å². The molecule has 1 aromatic rings. The molecule has 1 saturated carbocycles. The lowest BCUT2D eigenvalue weighted by Gasteiger charge is -2.32. The van der Waals surface area contributed by atoms with E-state index in [-0.39, 0.29) is 11.9 Å². The molecule has 1 aliphatic carbocycles. The SMILES string of the molecule is CNCc1cc(F)c(OC2CCC(C)C(C)C2)c(F)c1. The highest BCUT2D eigenvalue weighted by Gasteiger charge is 2.27. The molecule has 0 bridgehead atoms. The summed E-state index contributed by atoms with van der Waals surface area (Å²) in [6.45, 7) is 4.82. The molecule has 2 rings (SSSR count). The second-order valence-electron chi connectivity index (χ2n) is 5.93. The van der Waals surface area contributed by atoms with Crippen LogP contribution in [0.3, 0.4) is 0 Å². The zero-order valence-corrected chi connectivity index (χ0v) is 12.4. The van der Waals surface area contributed by atoms with E-state index in [0.717, 1.165) is 19.3 Å². The first-order valence-electron chi connectivity index (χ1n) is 7.30. The van der Waals surface area contributed by atoms with Gasteiger partial charge in [0.05, 0.1) is 6.10 Å². The molecule has 1 aliphatic rings. The number of hydrogen-bond acceptors (Lipinski definition) is 2. The van der Waals surface area contributed by atoms with Crippen LogP contribution in [0.25, 0.3) is 0 Å². The predicted octanol–water partition coefficient (Wildman–Crippen LogP) is 3.89. The fourth-order valence-corrected chi connectivity index (χ4v) is 2.80. The van der Waals surface area contributed by atoms with Crippen molar-refractivity contribution in [1.82, 2.24) is 5.32 Å². The first kappa shape index (κ1) is 15.2. The molecule has 0 radical (unpaired) electrons. The van der Waals surface area contributed by atoms with Crippen molar-refractivity contribution in [2.45, 2.75) is 45.8 Å². The maximum Gasteiger partial charge on any atom is 0.191 e. The molecule has 1 N–H and O–H groups in total. The summed E-state index contributed by atoms with van der Waals surface area (Å²) in [5, 5.41) is 2.88. The van der Waals surface area contributed by atoms with E-state index in [2.05, 4.69) is 19.2 Å². The van der Waals surface area contributed by atoms with Gasteiger partial charge in [0.2, 0.25) is 0 Å². The van der Waals surface area contributed by atoms with Crippen LogP contribution in [0, 0.1) is 23.5 Å². The average molecular weight is 283 g/mol. The lowest BCUT2D eigenvalue weighted by Crippen LogP contribution is -2.29. The van der Waals surface area contributed by atoms with Gasteiger partial charge in [-0.25, -0.2) is 8.78 Å². The molecule has 0 spiro atoms. The number of halogens is 2. The lowest BCUT2D eigenvalue weighted by molar-refractivity contribution is 0.0926. The van der Waals surface area contributed by atoms with Crippen LogP contribution in [0.4, 0.5) is 8.78 Å². The smallest absolute Gasteiger partial charge is 0.191 e. The van der Waals surface area contributed by atoms with Crippen LogP contribution in [0.15, 0.2) is 12.1 Å². The van der Waals surface area contributed by atoms with Crippen LogP contribution >= 0.6 is 0 Å². The van der Waals surface area contributed by atoms with Crippen molar-refractivity contribution in [3.05, 3.63) is 29.3 Å². The Bertz CT molecular complexity index is 441. The highest BCUT2D eigenvalue weighted by molar-refractivity contribution is 5.31. The van der Waals surface area contributed by atoms with Crippen molar-refractivity contribution < 1.29 is 13.5 Å². The van der Waals surface area contributed by atoms with Crippen LogP contribution in [-0.2, 0) is 6.54 Å². The van der Waals surface area contributed by atoms with Crippen LogP contribution in [0.5, 0.6) is 5.75 Å². The fraction of sp³-hybridized carbons (Fsp3) is 0.625. The Kier molecular flexibility index (Phi) is 4.97. The van der Waals surface area contributed by atoms with Gasteiger partial charge in [0, 0.05) is 6.54 Å². The Labute approximate surface area is 119 Å². The number of nitrogens with one attached hydrogen (secondary N) is 1. The molecular formula is C16H23F2NO.